The Morgan fingerprint density at radius 3 is 2.52 bits per heavy atom. The SMILES string of the molecule is COc1ccc(NC(=O)Cn2c(=O)n(Cc3ccccc3Cl)c(=O)c3sccc32)cc1OC. The fourth-order valence-electron chi connectivity index (χ4n) is 3.48. The summed E-state index contributed by atoms with van der Waals surface area (Å²) in [6, 6.07) is 13.6. The second-order valence-electron chi connectivity index (χ2n) is 7.10. The zero-order valence-electron chi connectivity index (χ0n) is 17.8. The molecule has 0 saturated carbocycles. The van der Waals surface area contributed by atoms with Crippen LogP contribution in [-0.2, 0) is 17.9 Å². The summed E-state index contributed by atoms with van der Waals surface area (Å²) in [5.74, 6) is 0.555. The molecule has 4 rings (SSSR count). The number of thiophene rings is 1. The molecular formula is C23H20ClN3O5S. The van der Waals surface area contributed by atoms with Gasteiger partial charge in [0.2, 0.25) is 5.91 Å². The molecule has 33 heavy (non-hydrogen) atoms. The number of amides is 1. The molecule has 1 N–H and O–H groups in total. The summed E-state index contributed by atoms with van der Waals surface area (Å²) in [6.45, 7) is -0.272. The molecule has 0 saturated heterocycles. The first-order valence-corrected chi connectivity index (χ1v) is 11.1. The number of fused-ring (bicyclic) bond motifs is 1. The maximum Gasteiger partial charge on any atom is 0.332 e. The number of nitrogens with one attached hydrogen (secondary N) is 1. The van der Waals surface area contributed by atoms with E-state index in [0.29, 0.717) is 38.0 Å². The van der Waals surface area contributed by atoms with Gasteiger partial charge in [-0.2, -0.15) is 0 Å². The monoisotopic (exact) mass is 485 g/mol. The van der Waals surface area contributed by atoms with Gasteiger partial charge >= 0.3 is 5.69 Å². The number of methoxy groups -OCH3 is 2. The molecule has 0 unspecified atom stereocenters. The molecule has 4 aromatic rings. The number of benzene rings is 2. The van der Waals surface area contributed by atoms with Crippen LogP contribution in [0.25, 0.3) is 10.2 Å². The normalized spacial score (nSPS) is 10.9. The predicted molar refractivity (Wildman–Crippen MR) is 129 cm³/mol. The fraction of sp³-hybridized carbons (Fsp3) is 0.174. The van der Waals surface area contributed by atoms with E-state index in [0.717, 1.165) is 4.57 Å². The van der Waals surface area contributed by atoms with Gasteiger partial charge in [-0.3, -0.25) is 18.7 Å². The Kier molecular flexibility index (Phi) is 6.52. The van der Waals surface area contributed by atoms with E-state index in [4.69, 9.17) is 21.1 Å². The van der Waals surface area contributed by atoms with E-state index < -0.39 is 17.2 Å². The number of hydrogen-bond acceptors (Lipinski definition) is 6. The molecule has 0 aliphatic rings. The smallest absolute Gasteiger partial charge is 0.332 e. The van der Waals surface area contributed by atoms with Crippen molar-refractivity contribution in [3.8, 4) is 11.5 Å². The zero-order valence-corrected chi connectivity index (χ0v) is 19.4. The quantitative estimate of drug-likeness (QED) is 0.432. The van der Waals surface area contributed by atoms with Crippen molar-refractivity contribution in [3.05, 3.63) is 85.3 Å². The summed E-state index contributed by atoms with van der Waals surface area (Å²) in [5, 5.41) is 4.92. The third-order valence-electron chi connectivity index (χ3n) is 5.09. The highest BCUT2D eigenvalue weighted by molar-refractivity contribution is 7.17. The van der Waals surface area contributed by atoms with Gasteiger partial charge in [0.15, 0.2) is 11.5 Å². The van der Waals surface area contributed by atoms with Crippen LogP contribution in [0.4, 0.5) is 5.69 Å². The van der Waals surface area contributed by atoms with Crippen LogP contribution in [0.1, 0.15) is 5.56 Å². The minimum absolute atomic E-state index is 0.00246. The van der Waals surface area contributed by atoms with Crippen LogP contribution >= 0.6 is 22.9 Å². The molecule has 0 radical (unpaired) electrons. The molecule has 2 heterocycles. The number of hydrogen-bond donors (Lipinski definition) is 1. The lowest BCUT2D eigenvalue weighted by Gasteiger charge is -2.14. The van der Waals surface area contributed by atoms with Gasteiger partial charge in [0, 0.05) is 16.8 Å². The summed E-state index contributed by atoms with van der Waals surface area (Å²) in [7, 11) is 3.02. The van der Waals surface area contributed by atoms with Gasteiger partial charge in [-0.25, -0.2) is 4.79 Å². The van der Waals surface area contributed by atoms with E-state index in [9.17, 15) is 14.4 Å². The number of halogens is 1. The second-order valence-corrected chi connectivity index (χ2v) is 8.43. The maximum absolute atomic E-state index is 13.3. The number of aromatic nitrogens is 2. The Hall–Kier alpha value is -3.56. The maximum atomic E-state index is 13.3. The standard InChI is InChI=1S/C23H20ClN3O5S/c1-31-18-8-7-15(11-19(18)32-2)25-20(28)13-26-17-9-10-33-21(17)22(29)27(23(26)30)12-14-5-3-4-6-16(14)24/h3-11H,12-13H2,1-2H3,(H,25,28). The minimum Gasteiger partial charge on any atom is -0.493 e. The molecule has 2 aromatic carbocycles. The molecular weight excluding hydrogens is 466 g/mol. The molecule has 0 fully saturated rings. The highest BCUT2D eigenvalue weighted by atomic mass is 35.5. The van der Waals surface area contributed by atoms with Crippen LogP contribution in [0.2, 0.25) is 5.02 Å². The lowest BCUT2D eigenvalue weighted by Crippen LogP contribution is -2.41. The van der Waals surface area contributed by atoms with Crippen molar-refractivity contribution in [1.29, 1.82) is 0 Å². The molecule has 0 spiro atoms. The van der Waals surface area contributed by atoms with Crippen molar-refractivity contribution in [2.75, 3.05) is 19.5 Å². The fourth-order valence-corrected chi connectivity index (χ4v) is 4.52. The van der Waals surface area contributed by atoms with Crippen molar-refractivity contribution in [1.82, 2.24) is 9.13 Å². The van der Waals surface area contributed by atoms with E-state index in [2.05, 4.69) is 5.32 Å². The van der Waals surface area contributed by atoms with Crippen molar-refractivity contribution < 1.29 is 14.3 Å². The lowest BCUT2D eigenvalue weighted by molar-refractivity contribution is -0.116. The van der Waals surface area contributed by atoms with Crippen molar-refractivity contribution in [3.63, 3.8) is 0 Å². The van der Waals surface area contributed by atoms with Crippen molar-refractivity contribution >= 4 is 44.7 Å². The Morgan fingerprint density at radius 2 is 1.79 bits per heavy atom. The van der Waals surface area contributed by atoms with E-state index in [-0.39, 0.29) is 13.1 Å². The van der Waals surface area contributed by atoms with Gasteiger partial charge in [0.05, 0.1) is 26.3 Å². The van der Waals surface area contributed by atoms with Crippen LogP contribution in [0.3, 0.4) is 0 Å². The Balaban J connectivity index is 1.68. The topological polar surface area (TPSA) is 91.6 Å². The Labute approximate surface area is 197 Å². The number of ether oxygens (including phenoxy) is 2. The van der Waals surface area contributed by atoms with Crippen LogP contribution in [0.15, 0.2) is 63.5 Å². The Morgan fingerprint density at radius 1 is 1.03 bits per heavy atom. The predicted octanol–water partition coefficient (Wildman–Crippen LogP) is 3.58. The second kappa shape index (κ2) is 9.51. The number of nitrogens with zero attached hydrogens (tertiary/aromatic N) is 2. The molecule has 8 nitrogen and oxygen atoms in total. The summed E-state index contributed by atoms with van der Waals surface area (Å²) in [6.07, 6.45) is 0. The van der Waals surface area contributed by atoms with Crippen molar-refractivity contribution in [2.24, 2.45) is 0 Å². The van der Waals surface area contributed by atoms with Crippen molar-refractivity contribution in [2.45, 2.75) is 13.1 Å². The first-order chi connectivity index (χ1) is 15.9. The molecule has 10 heteroatoms. The van der Waals surface area contributed by atoms with Crippen LogP contribution in [0, 0.1) is 0 Å². The first kappa shape index (κ1) is 22.6. The van der Waals surface area contributed by atoms with E-state index in [1.165, 1.54) is 30.1 Å². The average molecular weight is 486 g/mol. The summed E-state index contributed by atoms with van der Waals surface area (Å²) < 4.78 is 13.2. The molecule has 0 aliphatic carbocycles. The summed E-state index contributed by atoms with van der Waals surface area (Å²) in [4.78, 5) is 39.1. The number of anilines is 1. The van der Waals surface area contributed by atoms with Crippen LogP contribution < -0.4 is 26.0 Å². The number of carbonyl (C=O) groups is 1. The highest BCUT2D eigenvalue weighted by Gasteiger charge is 2.18. The molecule has 0 atom stereocenters. The molecule has 0 bridgehead atoms. The lowest BCUT2D eigenvalue weighted by atomic mass is 10.2. The molecule has 1 amide bonds. The van der Waals surface area contributed by atoms with E-state index in [1.807, 2.05) is 0 Å². The van der Waals surface area contributed by atoms with E-state index in [1.54, 1.807) is 53.9 Å². The van der Waals surface area contributed by atoms with Gasteiger partial charge in [0.1, 0.15) is 11.2 Å². The van der Waals surface area contributed by atoms with Gasteiger partial charge in [-0.05, 0) is 35.2 Å². The van der Waals surface area contributed by atoms with Gasteiger partial charge in [-0.1, -0.05) is 29.8 Å². The van der Waals surface area contributed by atoms with Gasteiger partial charge < -0.3 is 14.8 Å². The number of carbonyl (C=O) groups excluding carboxylic acids is 1. The van der Waals surface area contributed by atoms with Gasteiger partial charge in [0.25, 0.3) is 5.56 Å². The highest BCUT2D eigenvalue weighted by Crippen LogP contribution is 2.29. The average Bonchev–Trinajstić information content (AvgIpc) is 3.30. The van der Waals surface area contributed by atoms with E-state index >= 15 is 0 Å². The summed E-state index contributed by atoms with van der Waals surface area (Å²) in [5.41, 5.74) is 0.523. The molecule has 2 aromatic heterocycles. The molecule has 0 aliphatic heterocycles. The Bertz CT molecular complexity index is 1460. The third-order valence-corrected chi connectivity index (χ3v) is 6.35. The van der Waals surface area contributed by atoms with Crippen LogP contribution in [-0.4, -0.2) is 29.3 Å². The zero-order chi connectivity index (χ0) is 23.5. The first-order valence-electron chi connectivity index (χ1n) is 9.89. The third kappa shape index (κ3) is 4.50. The number of rotatable bonds is 7. The molecule has 170 valence electrons. The van der Waals surface area contributed by atoms with Crippen LogP contribution in [0.5, 0.6) is 11.5 Å². The van der Waals surface area contributed by atoms with Gasteiger partial charge in [-0.15, -0.1) is 11.3 Å². The minimum atomic E-state index is -0.590. The summed E-state index contributed by atoms with van der Waals surface area (Å²) >= 11 is 7.45. The largest absolute Gasteiger partial charge is 0.493 e.